The molecule has 4 aliphatic carbocycles. The van der Waals surface area contributed by atoms with Gasteiger partial charge in [0.1, 0.15) is 12.2 Å². The first-order valence-corrected chi connectivity index (χ1v) is 20.9. The number of carbonyl (C=O) groups is 2. The van der Waals surface area contributed by atoms with E-state index in [2.05, 4.69) is 85.9 Å². The van der Waals surface area contributed by atoms with Crippen molar-refractivity contribution in [2.24, 2.45) is 40.4 Å². The van der Waals surface area contributed by atoms with Crippen molar-refractivity contribution >= 4 is 20.6 Å². The van der Waals surface area contributed by atoms with Crippen LogP contribution in [0.1, 0.15) is 87.0 Å². The van der Waals surface area contributed by atoms with Crippen molar-refractivity contribution in [1.82, 2.24) is 0 Å². The molecule has 0 spiro atoms. The van der Waals surface area contributed by atoms with E-state index in [1.165, 1.54) is 26.2 Å². The molecular formula is C40H62O7Si. The number of fused-ring (bicyclic) bond motifs is 5. The summed E-state index contributed by atoms with van der Waals surface area (Å²) < 4.78 is 28.3. The smallest absolute Gasteiger partial charge is 0.438 e. The van der Waals surface area contributed by atoms with Gasteiger partial charge in [-0.05, 0) is 72.9 Å². The number of hydrogen-bond donors (Lipinski definition) is 0. The summed E-state index contributed by atoms with van der Waals surface area (Å²) in [6, 6.07) is 3.26. The summed E-state index contributed by atoms with van der Waals surface area (Å²) in [5.74, 6) is 1.79. The Balaban J connectivity index is 1.58. The fourth-order valence-corrected chi connectivity index (χ4v) is 13.2. The molecule has 9 atom stereocenters. The van der Waals surface area contributed by atoms with Gasteiger partial charge in [-0.1, -0.05) is 109 Å². The molecule has 0 aromatic heterocycles. The molecule has 0 aromatic rings. The van der Waals surface area contributed by atoms with Gasteiger partial charge in [-0.2, -0.15) is 0 Å². The van der Waals surface area contributed by atoms with Gasteiger partial charge in [-0.15, -0.1) is 0 Å². The second-order valence-electron chi connectivity index (χ2n) is 15.3. The minimum Gasteiger partial charge on any atom is -0.438 e. The van der Waals surface area contributed by atoms with Crippen LogP contribution in [0.3, 0.4) is 0 Å². The lowest BCUT2D eigenvalue weighted by atomic mass is 9.49. The van der Waals surface area contributed by atoms with Gasteiger partial charge < -0.3 is 23.4 Å². The zero-order valence-corrected chi connectivity index (χ0v) is 32.1. The molecule has 0 N–H and O–H groups in total. The van der Waals surface area contributed by atoms with E-state index in [9.17, 15) is 9.59 Å². The van der Waals surface area contributed by atoms with E-state index in [1.54, 1.807) is 0 Å². The van der Waals surface area contributed by atoms with Crippen LogP contribution in [-0.2, 0) is 23.4 Å². The van der Waals surface area contributed by atoms with E-state index in [4.69, 9.17) is 23.4 Å². The first-order valence-electron chi connectivity index (χ1n) is 18.3. The fourth-order valence-electron chi connectivity index (χ4n) is 10.1. The standard InChI is InChI=1S/C40H62O7Si/c1-12-40(13-2,47-48(14-3,15-4)16-5)28(7)18-17-27(6)32-21-22-33-31-20-19-29-25-30(45-36(41)43-10)26-35(46-37(42)44-11)39(29,9)34(31)23-24-38(32,33)8/h12-13,17-20,27-28,30,32-35H,1-2,14-16,21-26H2,3-11H3/t27-,28-,30-,32-,33+,34+,35+,38-,39+/m1/s1. The quantitative estimate of drug-likeness (QED) is 0.109. The van der Waals surface area contributed by atoms with Crippen LogP contribution in [0.4, 0.5) is 9.59 Å². The Hall–Kier alpha value is -2.58. The number of allylic oxidation sites excluding steroid dienone is 4. The highest BCUT2D eigenvalue weighted by molar-refractivity contribution is 6.73. The molecule has 0 unspecified atom stereocenters. The molecule has 48 heavy (non-hydrogen) atoms. The van der Waals surface area contributed by atoms with Crippen LogP contribution in [-0.4, -0.2) is 52.7 Å². The van der Waals surface area contributed by atoms with Crippen molar-refractivity contribution in [3.63, 3.8) is 0 Å². The van der Waals surface area contributed by atoms with E-state index in [-0.39, 0.29) is 17.3 Å². The van der Waals surface area contributed by atoms with Crippen molar-refractivity contribution in [3.8, 4) is 0 Å². The van der Waals surface area contributed by atoms with Gasteiger partial charge in [0.2, 0.25) is 0 Å². The Morgan fingerprint density at radius 2 is 1.56 bits per heavy atom. The number of carbonyl (C=O) groups excluding carboxylic acids is 2. The van der Waals surface area contributed by atoms with Crippen molar-refractivity contribution in [2.75, 3.05) is 14.2 Å². The molecule has 0 amide bonds. The molecule has 3 saturated carbocycles. The molecule has 0 aromatic carbocycles. The minimum absolute atomic E-state index is 0.127. The lowest BCUT2D eigenvalue weighted by molar-refractivity contribution is -0.0827. The Morgan fingerprint density at radius 1 is 0.938 bits per heavy atom. The predicted octanol–water partition coefficient (Wildman–Crippen LogP) is 10.4. The normalized spacial score (nSPS) is 32.8. The summed E-state index contributed by atoms with van der Waals surface area (Å²) in [5, 5.41) is 0. The average molecular weight is 683 g/mol. The van der Waals surface area contributed by atoms with E-state index < -0.39 is 43.9 Å². The maximum atomic E-state index is 12.5. The van der Waals surface area contributed by atoms with Crippen molar-refractivity contribution < 1.29 is 33.0 Å². The molecule has 4 rings (SSSR count). The summed E-state index contributed by atoms with van der Waals surface area (Å²) in [4.78, 5) is 24.5. The van der Waals surface area contributed by atoms with Crippen LogP contribution in [0.2, 0.25) is 18.1 Å². The highest BCUT2D eigenvalue weighted by Crippen LogP contribution is 2.66. The highest BCUT2D eigenvalue weighted by atomic mass is 28.4. The summed E-state index contributed by atoms with van der Waals surface area (Å²) in [7, 11) is 0.748. The van der Waals surface area contributed by atoms with Crippen LogP contribution < -0.4 is 0 Å². The molecule has 8 heteroatoms. The fraction of sp³-hybridized carbons (Fsp3) is 0.700. The lowest BCUT2D eigenvalue weighted by Gasteiger charge is -2.57. The summed E-state index contributed by atoms with van der Waals surface area (Å²) in [6.07, 6.45) is 16.4. The molecule has 0 bridgehead atoms. The molecular weight excluding hydrogens is 621 g/mol. The van der Waals surface area contributed by atoms with Gasteiger partial charge in [-0.3, -0.25) is 0 Å². The Kier molecular flexibility index (Phi) is 12.0. The second kappa shape index (κ2) is 15.1. The molecule has 268 valence electrons. The van der Waals surface area contributed by atoms with E-state index in [1.807, 2.05) is 12.2 Å². The van der Waals surface area contributed by atoms with Crippen molar-refractivity contribution in [3.05, 3.63) is 60.8 Å². The summed E-state index contributed by atoms with van der Waals surface area (Å²) in [6.45, 7) is 24.6. The molecule has 0 saturated heterocycles. The van der Waals surface area contributed by atoms with Crippen LogP contribution >= 0.6 is 0 Å². The van der Waals surface area contributed by atoms with Crippen molar-refractivity contribution in [1.29, 1.82) is 0 Å². The molecule has 3 fully saturated rings. The zero-order valence-electron chi connectivity index (χ0n) is 31.1. The van der Waals surface area contributed by atoms with Gasteiger partial charge in [-0.25, -0.2) is 9.59 Å². The van der Waals surface area contributed by atoms with E-state index in [0.717, 1.165) is 43.0 Å². The predicted molar refractivity (Wildman–Crippen MR) is 194 cm³/mol. The van der Waals surface area contributed by atoms with Gasteiger partial charge in [0, 0.05) is 24.2 Å². The third kappa shape index (κ3) is 6.77. The van der Waals surface area contributed by atoms with Crippen LogP contribution in [0.25, 0.3) is 0 Å². The molecule has 4 aliphatic rings. The zero-order chi connectivity index (χ0) is 35.5. The number of ether oxygens (including phenoxy) is 4. The largest absolute Gasteiger partial charge is 0.508 e. The number of methoxy groups -OCH3 is 2. The van der Waals surface area contributed by atoms with Crippen LogP contribution in [0.5, 0.6) is 0 Å². The Labute approximate surface area is 291 Å². The maximum absolute atomic E-state index is 12.5. The first-order chi connectivity index (χ1) is 22.8. The monoisotopic (exact) mass is 682 g/mol. The van der Waals surface area contributed by atoms with Gasteiger partial charge >= 0.3 is 12.3 Å². The maximum Gasteiger partial charge on any atom is 0.508 e. The first kappa shape index (κ1) is 38.2. The van der Waals surface area contributed by atoms with Crippen LogP contribution in [0.15, 0.2) is 60.8 Å². The molecule has 0 heterocycles. The Bertz CT molecular complexity index is 1280. The van der Waals surface area contributed by atoms with Crippen molar-refractivity contribution in [2.45, 2.75) is 123 Å². The average Bonchev–Trinajstić information content (AvgIpc) is 3.45. The molecule has 0 radical (unpaired) electrons. The summed E-state index contributed by atoms with van der Waals surface area (Å²) in [5.41, 5.74) is 1.84. The van der Waals surface area contributed by atoms with Gasteiger partial charge in [0.25, 0.3) is 0 Å². The Morgan fingerprint density at radius 3 is 2.15 bits per heavy atom. The van der Waals surface area contributed by atoms with Gasteiger partial charge in [0.15, 0.2) is 8.32 Å². The minimum atomic E-state index is -1.89. The highest BCUT2D eigenvalue weighted by Gasteiger charge is 2.60. The molecule has 7 nitrogen and oxygen atoms in total. The topological polar surface area (TPSA) is 80.3 Å². The second-order valence-corrected chi connectivity index (χ2v) is 20.0. The van der Waals surface area contributed by atoms with E-state index >= 15 is 0 Å². The lowest BCUT2D eigenvalue weighted by Crippen LogP contribution is -2.54. The third-order valence-electron chi connectivity index (χ3n) is 13.5. The van der Waals surface area contributed by atoms with Gasteiger partial charge in [0.05, 0.1) is 19.8 Å². The van der Waals surface area contributed by atoms with Crippen LogP contribution in [0, 0.1) is 40.4 Å². The van der Waals surface area contributed by atoms with E-state index in [0.29, 0.717) is 30.6 Å². The SMILES string of the molecule is C=CC(C=C)(O[Si](CC)(CC)CC)[C@H](C)C=C[C@@H](C)[C@H]1CC[C@H]2C3=CC=C4C[C@@H](OC(=O)OC)C[C@H](OC(=O)OC)[C@]4(C)[C@H]3CC[C@]12C. The summed E-state index contributed by atoms with van der Waals surface area (Å²) >= 11 is 0. The third-order valence-corrected chi connectivity index (χ3v) is 18.2. The number of rotatable bonds is 13. The molecule has 0 aliphatic heterocycles. The number of hydrogen-bond acceptors (Lipinski definition) is 7.